The highest BCUT2D eigenvalue weighted by molar-refractivity contribution is 5.91. The van der Waals surface area contributed by atoms with Crippen molar-refractivity contribution in [3.8, 4) is 0 Å². The molecule has 0 bridgehead atoms. The zero-order valence-corrected chi connectivity index (χ0v) is 14.2. The zero-order chi connectivity index (χ0) is 16.7. The van der Waals surface area contributed by atoms with Crippen LogP contribution in [0.25, 0.3) is 0 Å². The van der Waals surface area contributed by atoms with Crippen LogP contribution in [0.15, 0.2) is 24.3 Å². The Labute approximate surface area is 133 Å². The lowest BCUT2D eigenvalue weighted by molar-refractivity contribution is -0.131. The first-order chi connectivity index (χ1) is 10.3. The van der Waals surface area contributed by atoms with Crippen molar-refractivity contribution in [3.63, 3.8) is 0 Å². The fraction of sp³-hybridized carbons (Fsp3) is 0.529. The number of hydrogen-bond donors (Lipinski definition) is 1. The molecule has 1 aromatic rings. The van der Waals surface area contributed by atoms with Crippen LogP contribution in [0.1, 0.15) is 33.6 Å². The van der Waals surface area contributed by atoms with Crippen LogP contribution < -0.4 is 10.2 Å². The third kappa shape index (κ3) is 5.39. The van der Waals surface area contributed by atoms with E-state index >= 15 is 0 Å². The first kappa shape index (κ1) is 18.0. The van der Waals surface area contributed by atoms with E-state index in [0.717, 1.165) is 17.8 Å². The number of anilines is 2. The number of nitrogens with zero attached hydrogens (tertiary/aromatic N) is 2. The van der Waals surface area contributed by atoms with Crippen LogP contribution in [0.5, 0.6) is 0 Å². The summed E-state index contributed by atoms with van der Waals surface area (Å²) < 4.78 is 0. The first-order valence-electron chi connectivity index (χ1n) is 7.69. The van der Waals surface area contributed by atoms with E-state index in [1.165, 1.54) is 0 Å². The maximum absolute atomic E-state index is 12.0. The number of rotatable bonds is 7. The highest BCUT2D eigenvalue weighted by Crippen LogP contribution is 2.16. The monoisotopic (exact) mass is 305 g/mol. The molecule has 0 saturated heterocycles. The van der Waals surface area contributed by atoms with Crippen molar-refractivity contribution in [3.05, 3.63) is 24.3 Å². The van der Waals surface area contributed by atoms with E-state index in [9.17, 15) is 9.59 Å². The minimum atomic E-state index is -0.0767. The third-order valence-electron chi connectivity index (χ3n) is 3.77. The molecule has 5 nitrogen and oxygen atoms in total. The van der Waals surface area contributed by atoms with E-state index in [1.807, 2.05) is 57.1 Å². The molecule has 0 radical (unpaired) electrons. The van der Waals surface area contributed by atoms with Crippen LogP contribution >= 0.6 is 0 Å². The molecule has 0 fully saturated rings. The number of benzene rings is 1. The molecule has 0 aliphatic heterocycles. The van der Waals surface area contributed by atoms with Crippen LogP contribution in [0, 0.1) is 0 Å². The van der Waals surface area contributed by atoms with Crippen LogP contribution in [-0.4, -0.2) is 43.4 Å². The molecule has 1 aromatic carbocycles. The summed E-state index contributed by atoms with van der Waals surface area (Å²) in [6.07, 6.45) is 1.19. The van der Waals surface area contributed by atoms with Crippen molar-refractivity contribution in [1.82, 2.24) is 4.90 Å². The Morgan fingerprint density at radius 2 is 1.77 bits per heavy atom. The summed E-state index contributed by atoms with van der Waals surface area (Å²) >= 11 is 0. The lowest BCUT2D eigenvalue weighted by atomic mass is 10.2. The van der Waals surface area contributed by atoms with Crippen molar-refractivity contribution >= 4 is 23.2 Å². The molecule has 0 spiro atoms. The van der Waals surface area contributed by atoms with Crippen LogP contribution in [0.2, 0.25) is 0 Å². The molecule has 0 saturated carbocycles. The van der Waals surface area contributed by atoms with Gasteiger partial charge >= 0.3 is 0 Å². The van der Waals surface area contributed by atoms with Gasteiger partial charge in [0.2, 0.25) is 11.8 Å². The third-order valence-corrected chi connectivity index (χ3v) is 3.77. The maximum atomic E-state index is 12.0. The van der Waals surface area contributed by atoms with E-state index in [1.54, 1.807) is 11.8 Å². The minimum Gasteiger partial charge on any atom is -0.378 e. The zero-order valence-electron chi connectivity index (χ0n) is 14.2. The van der Waals surface area contributed by atoms with Crippen molar-refractivity contribution in [2.24, 2.45) is 0 Å². The summed E-state index contributed by atoms with van der Waals surface area (Å²) in [6.45, 7) is 6.03. The Morgan fingerprint density at radius 1 is 1.18 bits per heavy atom. The molecule has 0 aliphatic carbocycles. The van der Waals surface area contributed by atoms with E-state index in [0.29, 0.717) is 13.0 Å². The number of hydrogen-bond acceptors (Lipinski definition) is 3. The Kier molecular flexibility index (Phi) is 6.89. The van der Waals surface area contributed by atoms with Crippen LogP contribution in [-0.2, 0) is 9.59 Å². The second-order valence-corrected chi connectivity index (χ2v) is 5.71. The first-order valence-corrected chi connectivity index (χ1v) is 7.69. The SMILES string of the molecule is CCC(C)N(CCC(=O)Nc1ccc(N(C)C)cc1)C(C)=O. The molecule has 0 aliphatic rings. The van der Waals surface area contributed by atoms with Gasteiger partial charge in [0.25, 0.3) is 0 Å². The molecule has 1 unspecified atom stereocenters. The molecular weight excluding hydrogens is 278 g/mol. The molecule has 0 heterocycles. The van der Waals surface area contributed by atoms with E-state index in [-0.39, 0.29) is 17.9 Å². The van der Waals surface area contributed by atoms with Gasteiger partial charge in [0.1, 0.15) is 0 Å². The summed E-state index contributed by atoms with van der Waals surface area (Å²) in [4.78, 5) is 27.4. The van der Waals surface area contributed by atoms with E-state index < -0.39 is 0 Å². The summed E-state index contributed by atoms with van der Waals surface area (Å²) in [5, 5.41) is 2.86. The average Bonchev–Trinajstić information content (AvgIpc) is 2.47. The van der Waals surface area contributed by atoms with Gasteiger partial charge in [-0.1, -0.05) is 6.92 Å². The predicted octanol–water partition coefficient (Wildman–Crippen LogP) is 2.73. The van der Waals surface area contributed by atoms with Gasteiger partial charge in [-0.05, 0) is 37.6 Å². The molecule has 1 rings (SSSR count). The van der Waals surface area contributed by atoms with Gasteiger partial charge < -0.3 is 15.1 Å². The Balaban J connectivity index is 2.53. The summed E-state index contributed by atoms with van der Waals surface area (Å²) in [5.74, 6) is -0.0651. The van der Waals surface area contributed by atoms with Gasteiger partial charge in [-0.25, -0.2) is 0 Å². The average molecular weight is 305 g/mol. The van der Waals surface area contributed by atoms with Crippen LogP contribution in [0.3, 0.4) is 0 Å². The molecular formula is C17H27N3O2. The Hall–Kier alpha value is -2.04. The topological polar surface area (TPSA) is 52.7 Å². The summed E-state index contributed by atoms with van der Waals surface area (Å²) in [6, 6.07) is 7.83. The van der Waals surface area contributed by atoms with E-state index in [4.69, 9.17) is 0 Å². The second-order valence-electron chi connectivity index (χ2n) is 5.71. The van der Waals surface area contributed by atoms with Crippen molar-refractivity contribution < 1.29 is 9.59 Å². The van der Waals surface area contributed by atoms with E-state index in [2.05, 4.69) is 5.32 Å². The number of nitrogens with one attached hydrogen (secondary N) is 1. The number of carbonyl (C=O) groups is 2. The molecule has 122 valence electrons. The highest BCUT2D eigenvalue weighted by Gasteiger charge is 2.16. The maximum Gasteiger partial charge on any atom is 0.226 e. The number of carbonyl (C=O) groups excluding carboxylic acids is 2. The molecule has 22 heavy (non-hydrogen) atoms. The largest absolute Gasteiger partial charge is 0.378 e. The van der Waals surface area contributed by atoms with Gasteiger partial charge in [0.05, 0.1) is 0 Å². The fourth-order valence-corrected chi connectivity index (χ4v) is 2.20. The molecule has 1 atom stereocenters. The van der Waals surface area contributed by atoms with Crippen molar-refractivity contribution in [2.75, 3.05) is 30.9 Å². The lowest BCUT2D eigenvalue weighted by Gasteiger charge is -2.27. The normalized spacial score (nSPS) is 11.7. The van der Waals surface area contributed by atoms with Crippen molar-refractivity contribution in [2.45, 2.75) is 39.7 Å². The van der Waals surface area contributed by atoms with Gasteiger partial charge in [-0.15, -0.1) is 0 Å². The number of amides is 2. The fourth-order valence-electron chi connectivity index (χ4n) is 2.20. The summed E-state index contributed by atoms with van der Waals surface area (Å²) in [5.41, 5.74) is 1.85. The Bertz CT molecular complexity index is 497. The molecule has 1 N–H and O–H groups in total. The Morgan fingerprint density at radius 3 is 2.23 bits per heavy atom. The highest BCUT2D eigenvalue weighted by atomic mass is 16.2. The van der Waals surface area contributed by atoms with Gasteiger partial charge in [0.15, 0.2) is 0 Å². The molecule has 5 heteroatoms. The van der Waals surface area contributed by atoms with Gasteiger partial charge in [0, 0.05) is 51.4 Å². The molecule has 2 amide bonds. The lowest BCUT2D eigenvalue weighted by Crippen LogP contribution is -2.38. The second kappa shape index (κ2) is 8.41. The minimum absolute atomic E-state index is 0.0116. The molecule has 0 aromatic heterocycles. The smallest absolute Gasteiger partial charge is 0.226 e. The van der Waals surface area contributed by atoms with Crippen molar-refractivity contribution in [1.29, 1.82) is 0 Å². The predicted molar refractivity (Wildman–Crippen MR) is 91.2 cm³/mol. The summed E-state index contributed by atoms with van der Waals surface area (Å²) in [7, 11) is 3.94. The van der Waals surface area contributed by atoms with Gasteiger partial charge in [-0.2, -0.15) is 0 Å². The quantitative estimate of drug-likeness (QED) is 0.842. The van der Waals surface area contributed by atoms with Crippen LogP contribution in [0.4, 0.5) is 11.4 Å². The standard InChI is InChI=1S/C17H27N3O2/c1-6-13(2)20(14(3)21)12-11-17(22)18-15-7-9-16(10-8-15)19(4)5/h7-10,13H,6,11-12H2,1-5H3,(H,18,22). The van der Waals surface area contributed by atoms with Gasteiger partial charge in [-0.3, -0.25) is 9.59 Å².